The molecule has 1 aromatic heterocycles. The third-order valence-corrected chi connectivity index (χ3v) is 3.18. The zero-order chi connectivity index (χ0) is 14.0. The smallest absolute Gasteiger partial charge is 0.335 e. The molecule has 1 saturated heterocycles. The fraction of sp³-hybridized carbons (Fsp3) is 0.538. The number of hydrogen-bond acceptors (Lipinski definition) is 5. The van der Waals surface area contributed by atoms with Crippen LogP contribution in [0.25, 0.3) is 0 Å². The lowest BCUT2D eigenvalue weighted by atomic mass is 10.2. The van der Waals surface area contributed by atoms with Crippen LogP contribution in [0.1, 0.15) is 16.8 Å². The number of hydrogen-bond donors (Lipinski definition) is 1. The lowest BCUT2D eigenvalue weighted by Gasteiger charge is -2.26. The molecule has 2 atom stereocenters. The average molecular weight is 266 g/mol. The summed E-state index contributed by atoms with van der Waals surface area (Å²) < 4.78 is 4.71. The predicted octanol–water partition coefficient (Wildman–Crippen LogP) is -0.223. The van der Waals surface area contributed by atoms with Gasteiger partial charge in [-0.1, -0.05) is 0 Å². The minimum atomic E-state index is -0.496. The Kier molecular flexibility index (Phi) is 4.01. The molecular formula is C13H18N2O4. The number of β-amino-alcohol motifs (C(OH)–C–C–N with tert-alkyl or cyclic N) is 1. The van der Waals surface area contributed by atoms with Gasteiger partial charge in [0, 0.05) is 25.2 Å². The van der Waals surface area contributed by atoms with Crippen LogP contribution in [-0.4, -0.2) is 60.1 Å². The summed E-state index contributed by atoms with van der Waals surface area (Å²) >= 11 is 0. The second-order valence-electron chi connectivity index (χ2n) is 5.11. The van der Waals surface area contributed by atoms with Crippen molar-refractivity contribution < 1.29 is 14.3 Å². The van der Waals surface area contributed by atoms with Gasteiger partial charge in [-0.3, -0.25) is 4.79 Å². The standard InChI is InChI=1S/C13H18N2O4/c1-14(2)6-10-5-11(16)7-15(10)13(18)9-3-4-12(17)19-8-9/h3-4,8,10-11,16H,5-7H2,1-2H3. The van der Waals surface area contributed by atoms with E-state index in [4.69, 9.17) is 4.42 Å². The molecule has 104 valence electrons. The second kappa shape index (κ2) is 5.54. The number of nitrogens with zero attached hydrogens (tertiary/aromatic N) is 2. The molecule has 1 fully saturated rings. The van der Waals surface area contributed by atoms with Gasteiger partial charge in [-0.2, -0.15) is 0 Å². The first-order valence-electron chi connectivity index (χ1n) is 6.20. The fourth-order valence-electron chi connectivity index (χ4n) is 2.38. The van der Waals surface area contributed by atoms with Gasteiger partial charge in [0.15, 0.2) is 0 Å². The Bertz CT molecular complexity index is 491. The van der Waals surface area contributed by atoms with Gasteiger partial charge < -0.3 is 19.3 Å². The Morgan fingerprint density at radius 2 is 2.26 bits per heavy atom. The summed E-state index contributed by atoms with van der Waals surface area (Å²) in [7, 11) is 3.85. The number of carbonyl (C=O) groups excluding carboxylic acids is 1. The van der Waals surface area contributed by atoms with E-state index in [-0.39, 0.29) is 11.9 Å². The van der Waals surface area contributed by atoms with Crippen molar-refractivity contribution in [1.29, 1.82) is 0 Å². The molecule has 0 aromatic carbocycles. The van der Waals surface area contributed by atoms with E-state index in [9.17, 15) is 14.7 Å². The minimum Gasteiger partial charge on any atom is -0.430 e. The Hall–Kier alpha value is -1.66. The lowest BCUT2D eigenvalue weighted by Crippen LogP contribution is -2.41. The number of rotatable bonds is 3. The molecule has 0 radical (unpaired) electrons. The number of aliphatic hydroxyl groups is 1. The van der Waals surface area contributed by atoms with Gasteiger partial charge in [0.05, 0.1) is 11.7 Å². The molecule has 2 rings (SSSR count). The van der Waals surface area contributed by atoms with Crippen LogP contribution in [0.2, 0.25) is 0 Å². The third kappa shape index (κ3) is 3.21. The van der Waals surface area contributed by atoms with Crippen molar-refractivity contribution in [2.75, 3.05) is 27.2 Å². The van der Waals surface area contributed by atoms with Gasteiger partial charge in [-0.25, -0.2) is 4.79 Å². The summed E-state index contributed by atoms with van der Waals surface area (Å²) in [6.07, 6.45) is 1.24. The molecule has 6 heteroatoms. The van der Waals surface area contributed by atoms with Crippen molar-refractivity contribution in [2.45, 2.75) is 18.6 Å². The number of amides is 1. The molecule has 1 aliphatic rings. The van der Waals surface area contributed by atoms with Crippen LogP contribution < -0.4 is 5.63 Å². The third-order valence-electron chi connectivity index (χ3n) is 3.18. The van der Waals surface area contributed by atoms with Crippen molar-refractivity contribution in [2.24, 2.45) is 0 Å². The molecule has 1 aliphatic heterocycles. The van der Waals surface area contributed by atoms with Crippen LogP contribution >= 0.6 is 0 Å². The SMILES string of the molecule is CN(C)CC1CC(O)CN1C(=O)c1ccc(=O)oc1. The van der Waals surface area contributed by atoms with Gasteiger partial charge in [-0.15, -0.1) is 0 Å². The van der Waals surface area contributed by atoms with E-state index >= 15 is 0 Å². The number of likely N-dealkylation sites (N-methyl/N-ethyl adjacent to an activating group) is 1. The van der Waals surface area contributed by atoms with Crippen LogP contribution in [-0.2, 0) is 0 Å². The highest BCUT2D eigenvalue weighted by molar-refractivity contribution is 5.94. The molecule has 2 unspecified atom stereocenters. The lowest BCUT2D eigenvalue weighted by molar-refractivity contribution is 0.0696. The summed E-state index contributed by atoms with van der Waals surface area (Å²) in [5, 5.41) is 9.74. The van der Waals surface area contributed by atoms with E-state index in [0.717, 1.165) is 0 Å². The summed E-state index contributed by atoms with van der Waals surface area (Å²) in [4.78, 5) is 26.8. The van der Waals surface area contributed by atoms with Crippen LogP contribution in [0, 0.1) is 0 Å². The molecule has 1 aromatic rings. The van der Waals surface area contributed by atoms with Crippen LogP contribution in [0.5, 0.6) is 0 Å². The molecule has 19 heavy (non-hydrogen) atoms. The van der Waals surface area contributed by atoms with Gasteiger partial charge in [0.1, 0.15) is 6.26 Å². The molecule has 0 spiro atoms. The van der Waals surface area contributed by atoms with Crippen LogP contribution in [0.3, 0.4) is 0 Å². The van der Waals surface area contributed by atoms with Crippen molar-refractivity contribution in [3.63, 3.8) is 0 Å². The minimum absolute atomic E-state index is 0.0237. The number of aliphatic hydroxyl groups excluding tert-OH is 1. The quantitative estimate of drug-likeness (QED) is 0.818. The number of likely N-dealkylation sites (tertiary alicyclic amines) is 1. The molecule has 6 nitrogen and oxygen atoms in total. The van der Waals surface area contributed by atoms with Crippen molar-refractivity contribution in [3.05, 3.63) is 34.4 Å². The van der Waals surface area contributed by atoms with E-state index in [2.05, 4.69) is 0 Å². The van der Waals surface area contributed by atoms with Crippen LogP contribution in [0.15, 0.2) is 27.6 Å². The maximum atomic E-state index is 12.3. The van der Waals surface area contributed by atoms with Crippen molar-refractivity contribution in [1.82, 2.24) is 9.80 Å². The van der Waals surface area contributed by atoms with E-state index < -0.39 is 11.7 Å². The van der Waals surface area contributed by atoms with Crippen LogP contribution in [0.4, 0.5) is 0 Å². The zero-order valence-electron chi connectivity index (χ0n) is 11.1. The zero-order valence-corrected chi connectivity index (χ0v) is 11.1. The summed E-state index contributed by atoms with van der Waals surface area (Å²) in [5.41, 5.74) is -0.152. The van der Waals surface area contributed by atoms with Gasteiger partial charge in [0.25, 0.3) is 5.91 Å². The second-order valence-corrected chi connectivity index (χ2v) is 5.11. The molecule has 1 N–H and O–H groups in total. The van der Waals surface area contributed by atoms with Gasteiger partial charge in [-0.05, 0) is 26.6 Å². The first-order valence-corrected chi connectivity index (χ1v) is 6.20. The molecular weight excluding hydrogens is 248 g/mol. The predicted molar refractivity (Wildman–Crippen MR) is 69.0 cm³/mol. The molecule has 0 aliphatic carbocycles. The normalized spacial score (nSPS) is 23.1. The largest absolute Gasteiger partial charge is 0.430 e. The van der Waals surface area contributed by atoms with Gasteiger partial charge in [0.2, 0.25) is 0 Å². The highest BCUT2D eigenvalue weighted by Crippen LogP contribution is 2.20. The highest BCUT2D eigenvalue weighted by Gasteiger charge is 2.35. The summed E-state index contributed by atoms with van der Waals surface area (Å²) in [6, 6.07) is 2.65. The molecule has 2 heterocycles. The van der Waals surface area contributed by atoms with Gasteiger partial charge >= 0.3 is 5.63 Å². The molecule has 0 saturated carbocycles. The van der Waals surface area contributed by atoms with E-state index in [1.165, 1.54) is 18.4 Å². The molecule has 1 amide bonds. The fourth-order valence-corrected chi connectivity index (χ4v) is 2.38. The highest BCUT2D eigenvalue weighted by atomic mass is 16.4. The Balaban J connectivity index is 2.16. The average Bonchev–Trinajstić information content (AvgIpc) is 2.69. The summed E-state index contributed by atoms with van der Waals surface area (Å²) in [5.74, 6) is -0.216. The Labute approximate surface area is 111 Å². The maximum Gasteiger partial charge on any atom is 0.335 e. The first kappa shape index (κ1) is 13.8. The Morgan fingerprint density at radius 3 is 2.84 bits per heavy atom. The first-order chi connectivity index (χ1) is 8.97. The van der Waals surface area contributed by atoms with E-state index in [1.54, 1.807) is 4.90 Å². The maximum absolute atomic E-state index is 12.3. The van der Waals surface area contributed by atoms with E-state index in [0.29, 0.717) is 25.1 Å². The van der Waals surface area contributed by atoms with Crippen molar-refractivity contribution >= 4 is 5.91 Å². The Morgan fingerprint density at radius 1 is 1.53 bits per heavy atom. The monoisotopic (exact) mass is 266 g/mol. The summed E-state index contributed by atoms with van der Waals surface area (Å²) in [6.45, 7) is 1.01. The van der Waals surface area contributed by atoms with Crippen molar-refractivity contribution in [3.8, 4) is 0 Å². The molecule has 0 bridgehead atoms. The topological polar surface area (TPSA) is 74.0 Å². The number of carbonyl (C=O) groups is 1. The van der Waals surface area contributed by atoms with E-state index in [1.807, 2.05) is 19.0 Å².